The van der Waals surface area contributed by atoms with Gasteiger partial charge in [-0.25, -0.2) is 9.50 Å². The summed E-state index contributed by atoms with van der Waals surface area (Å²) in [6, 6.07) is 8.13. The highest BCUT2D eigenvalue weighted by Gasteiger charge is 2.25. The molecule has 1 saturated heterocycles. The SMILES string of the molecule is Cn1cc(CN2CCC[C@@H](c3nc4ccc(-c5cccnc5)cn4n3)C2)cn1. The number of fused-ring (bicyclic) bond motifs is 1. The Labute approximate surface area is 163 Å². The van der Waals surface area contributed by atoms with Crippen molar-refractivity contribution in [1.82, 2.24) is 34.3 Å². The maximum absolute atomic E-state index is 4.81. The molecule has 0 radical (unpaired) electrons. The molecule has 142 valence electrons. The van der Waals surface area contributed by atoms with Gasteiger partial charge < -0.3 is 0 Å². The van der Waals surface area contributed by atoms with Crippen LogP contribution in [0, 0.1) is 0 Å². The highest BCUT2D eigenvalue weighted by Crippen LogP contribution is 2.27. The smallest absolute Gasteiger partial charge is 0.156 e. The topological polar surface area (TPSA) is 64.1 Å². The average Bonchev–Trinajstić information content (AvgIpc) is 3.34. The predicted molar refractivity (Wildman–Crippen MR) is 107 cm³/mol. The number of aryl methyl sites for hydroxylation is 1. The Balaban J connectivity index is 1.36. The van der Waals surface area contributed by atoms with E-state index < -0.39 is 0 Å². The van der Waals surface area contributed by atoms with E-state index in [9.17, 15) is 0 Å². The molecule has 7 heteroatoms. The van der Waals surface area contributed by atoms with Crippen LogP contribution in [0.25, 0.3) is 16.8 Å². The van der Waals surface area contributed by atoms with Crippen LogP contribution in [-0.4, -0.2) is 47.4 Å². The third-order valence-corrected chi connectivity index (χ3v) is 5.38. The highest BCUT2D eigenvalue weighted by molar-refractivity contribution is 5.63. The molecule has 0 aromatic carbocycles. The number of nitrogens with zero attached hydrogens (tertiary/aromatic N) is 7. The normalized spacial score (nSPS) is 18.0. The van der Waals surface area contributed by atoms with Gasteiger partial charge in [-0.05, 0) is 37.6 Å². The first-order valence-electron chi connectivity index (χ1n) is 9.71. The molecule has 0 unspecified atom stereocenters. The Hall–Kier alpha value is -3.06. The summed E-state index contributed by atoms with van der Waals surface area (Å²) in [6.45, 7) is 3.04. The number of hydrogen-bond donors (Lipinski definition) is 0. The van der Waals surface area contributed by atoms with Crippen LogP contribution in [-0.2, 0) is 13.6 Å². The minimum Gasteiger partial charge on any atom is -0.298 e. The van der Waals surface area contributed by atoms with Crippen LogP contribution in [0.5, 0.6) is 0 Å². The summed E-state index contributed by atoms with van der Waals surface area (Å²) in [7, 11) is 1.96. The minimum atomic E-state index is 0.368. The van der Waals surface area contributed by atoms with Crippen LogP contribution in [0.15, 0.2) is 55.2 Å². The summed E-state index contributed by atoms with van der Waals surface area (Å²) in [6.07, 6.45) is 12.0. The fraction of sp³-hybridized carbons (Fsp3) is 0.333. The summed E-state index contributed by atoms with van der Waals surface area (Å²) in [5.74, 6) is 1.31. The minimum absolute atomic E-state index is 0.368. The van der Waals surface area contributed by atoms with Gasteiger partial charge in [0.25, 0.3) is 0 Å². The lowest BCUT2D eigenvalue weighted by atomic mass is 9.97. The van der Waals surface area contributed by atoms with Gasteiger partial charge in [0.05, 0.1) is 6.20 Å². The van der Waals surface area contributed by atoms with Crippen LogP contribution in [0.4, 0.5) is 0 Å². The van der Waals surface area contributed by atoms with Crippen LogP contribution in [0.3, 0.4) is 0 Å². The molecule has 0 saturated carbocycles. The lowest BCUT2D eigenvalue weighted by Crippen LogP contribution is -2.34. The molecule has 1 fully saturated rings. The van der Waals surface area contributed by atoms with Crippen molar-refractivity contribution in [1.29, 1.82) is 0 Å². The summed E-state index contributed by atoms with van der Waals surface area (Å²) < 4.78 is 3.76. The van der Waals surface area contributed by atoms with Crippen LogP contribution in [0.1, 0.15) is 30.1 Å². The summed E-state index contributed by atoms with van der Waals surface area (Å²) in [5, 5.41) is 9.09. The van der Waals surface area contributed by atoms with Crippen LogP contribution < -0.4 is 0 Å². The largest absolute Gasteiger partial charge is 0.298 e. The Morgan fingerprint density at radius 1 is 1.11 bits per heavy atom. The molecular weight excluding hydrogens is 350 g/mol. The molecule has 5 rings (SSSR count). The van der Waals surface area contributed by atoms with Crippen molar-refractivity contribution in [3.05, 3.63) is 66.6 Å². The maximum Gasteiger partial charge on any atom is 0.156 e. The summed E-state index contributed by atoms with van der Waals surface area (Å²) in [4.78, 5) is 11.5. The van der Waals surface area contributed by atoms with Crippen molar-refractivity contribution < 1.29 is 0 Å². The van der Waals surface area contributed by atoms with Crippen molar-refractivity contribution in [3.63, 3.8) is 0 Å². The molecule has 0 amide bonds. The van der Waals surface area contributed by atoms with E-state index in [1.165, 1.54) is 12.0 Å². The molecule has 0 bridgehead atoms. The molecule has 4 aromatic heterocycles. The van der Waals surface area contributed by atoms with Crippen LogP contribution in [0.2, 0.25) is 0 Å². The van der Waals surface area contributed by atoms with Gasteiger partial charge in [0.15, 0.2) is 11.5 Å². The third kappa shape index (κ3) is 3.41. The molecule has 0 aliphatic carbocycles. The van der Waals surface area contributed by atoms with E-state index in [4.69, 9.17) is 10.1 Å². The van der Waals surface area contributed by atoms with Gasteiger partial charge in [-0.2, -0.15) is 10.2 Å². The summed E-state index contributed by atoms with van der Waals surface area (Å²) in [5.41, 5.74) is 4.33. The lowest BCUT2D eigenvalue weighted by Gasteiger charge is -2.30. The number of piperidine rings is 1. The quantitative estimate of drug-likeness (QED) is 0.550. The van der Waals surface area contributed by atoms with Gasteiger partial charge in [0.1, 0.15) is 0 Å². The summed E-state index contributed by atoms with van der Waals surface area (Å²) >= 11 is 0. The van der Waals surface area contributed by atoms with E-state index >= 15 is 0 Å². The maximum atomic E-state index is 4.81. The van der Waals surface area contributed by atoms with Gasteiger partial charge in [-0.15, -0.1) is 0 Å². The number of pyridine rings is 2. The van der Waals surface area contributed by atoms with E-state index in [-0.39, 0.29) is 0 Å². The van der Waals surface area contributed by atoms with Gasteiger partial charge in [0.2, 0.25) is 0 Å². The lowest BCUT2D eigenvalue weighted by molar-refractivity contribution is 0.196. The van der Waals surface area contributed by atoms with Gasteiger partial charge in [0, 0.05) is 67.5 Å². The van der Waals surface area contributed by atoms with Crippen LogP contribution >= 0.6 is 0 Å². The predicted octanol–water partition coefficient (Wildman–Crippen LogP) is 2.90. The fourth-order valence-corrected chi connectivity index (χ4v) is 4.00. The van der Waals surface area contributed by atoms with E-state index in [1.54, 1.807) is 6.20 Å². The second-order valence-corrected chi connectivity index (χ2v) is 7.53. The Bertz CT molecular complexity index is 1080. The van der Waals surface area contributed by atoms with Crippen molar-refractivity contribution >= 4 is 5.65 Å². The molecule has 5 heterocycles. The monoisotopic (exact) mass is 373 g/mol. The van der Waals surface area contributed by atoms with Crippen molar-refractivity contribution in [2.45, 2.75) is 25.3 Å². The van der Waals surface area contributed by atoms with Gasteiger partial charge in [-0.1, -0.05) is 6.07 Å². The zero-order chi connectivity index (χ0) is 18.9. The first-order valence-corrected chi connectivity index (χ1v) is 9.71. The van der Waals surface area contributed by atoms with Gasteiger partial charge in [-0.3, -0.25) is 14.6 Å². The molecule has 28 heavy (non-hydrogen) atoms. The fourth-order valence-electron chi connectivity index (χ4n) is 4.00. The second kappa shape index (κ2) is 7.16. The molecule has 0 N–H and O–H groups in total. The van der Waals surface area contributed by atoms with E-state index in [1.807, 2.05) is 47.0 Å². The number of hydrogen-bond acceptors (Lipinski definition) is 5. The van der Waals surface area contributed by atoms with E-state index in [2.05, 4.69) is 33.3 Å². The average molecular weight is 373 g/mol. The Morgan fingerprint density at radius 3 is 2.89 bits per heavy atom. The third-order valence-electron chi connectivity index (χ3n) is 5.38. The highest BCUT2D eigenvalue weighted by atomic mass is 15.3. The molecule has 1 atom stereocenters. The Morgan fingerprint density at radius 2 is 2.07 bits per heavy atom. The molecule has 1 aliphatic heterocycles. The zero-order valence-corrected chi connectivity index (χ0v) is 15.9. The first kappa shape index (κ1) is 17.1. The number of likely N-dealkylation sites (tertiary alicyclic amines) is 1. The zero-order valence-electron chi connectivity index (χ0n) is 15.9. The molecule has 0 spiro atoms. The van der Waals surface area contributed by atoms with Crippen molar-refractivity contribution in [2.75, 3.05) is 13.1 Å². The van der Waals surface area contributed by atoms with Crippen molar-refractivity contribution in [3.8, 4) is 11.1 Å². The first-order chi connectivity index (χ1) is 13.7. The second-order valence-electron chi connectivity index (χ2n) is 7.53. The standard InChI is InChI=1S/C21H23N7/c1-26-12-16(10-23-26)13-27-9-3-5-19(14-27)21-24-20-7-6-18(15-28(20)25-21)17-4-2-8-22-11-17/h2,4,6-8,10-12,15,19H,3,5,9,13-14H2,1H3/t19-/m1/s1. The Kier molecular flexibility index (Phi) is 4.37. The van der Waals surface area contributed by atoms with E-state index in [0.717, 1.165) is 48.7 Å². The molecular formula is C21H23N7. The van der Waals surface area contributed by atoms with Crippen molar-refractivity contribution in [2.24, 2.45) is 7.05 Å². The van der Waals surface area contributed by atoms with Gasteiger partial charge >= 0.3 is 0 Å². The molecule has 1 aliphatic rings. The molecule has 4 aromatic rings. The number of aromatic nitrogens is 6. The number of rotatable bonds is 4. The van der Waals surface area contributed by atoms with E-state index in [0.29, 0.717) is 5.92 Å². The molecule has 7 nitrogen and oxygen atoms in total.